The van der Waals surface area contributed by atoms with Crippen molar-refractivity contribution in [3.05, 3.63) is 59.0 Å². The molecular formula is C19H14N2O3S2. The van der Waals surface area contributed by atoms with Crippen LogP contribution in [0.2, 0.25) is 0 Å². The number of rotatable bonds is 4. The minimum absolute atomic E-state index is 0.201. The molecule has 0 bridgehead atoms. The molecule has 0 aliphatic carbocycles. The van der Waals surface area contributed by atoms with Gasteiger partial charge in [-0.3, -0.25) is 9.78 Å². The number of carbonyl (C=O) groups is 1. The molecule has 1 N–H and O–H groups in total. The van der Waals surface area contributed by atoms with Crippen LogP contribution in [0.25, 0.3) is 28.2 Å². The number of hydrogen-bond donors (Lipinski definition) is 1. The van der Waals surface area contributed by atoms with Crippen molar-refractivity contribution in [3.63, 3.8) is 0 Å². The molecular weight excluding hydrogens is 368 g/mol. The molecule has 0 saturated carbocycles. The number of pyridine rings is 1. The third-order valence-electron chi connectivity index (χ3n) is 3.93. The Morgan fingerprint density at radius 1 is 1.31 bits per heavy atom. The van der Waals surface area contributed by atoms with Gasteiger partial charge in [0.05, 0.1) is 11.5 Å². The molecule has 130 valence electrons. The second-order valence-corrected chi connectivity index (χ2v) is 7.46. The smallest absolute Gasteiger partial charge is 0.263 e. The van der Waals surface area contributed by atoms with Gasteiger partial charge in [-0.2, -0.15) is 0 Å². The lowest BCUT2D eigenvalue weighted by molar-refractivity contribution is -0.115. The van der Waals surface area contributed by atoms with Gasteiger partial charge in [-0.1, -0.05) is 48.2 Å². The van der Waals surface area contributed by atoms with Crippen molar-refractivity contribution in [3.8, 4) is 11.1 Å². The van der Waals surface area contributed by atoms with E-state index in [-0.39, 0.29) is 5.91 Å². The van der Waals surface area contributed by atoms with E-state index in [9.17, 15) is 4.79 Å². The molecule has 0 unspecified atom stereocenters. The number of nitrogens with one attached hydrogen (secondary N) is 1. The van der Waals surface area contributed by atoms with Gasteiger partial charge < -0.3 is 14.5 Å². The number of nitrogens with zero attached hydrogens (tertiary/aromatic N) is 1. The Kier molecular flexibility index (Phi) is 4.58. The molecule has 1 amide bonds. The van der Waals surface area contributed by atoms with Crippen LogP contribution in [0.4, 0.5) is 0 Å². The number of aromatic nitrogens is 1. The van der Waals surface area contributed by atoms with E-state index >= 15 is 0 Å². The van der Waals surface area contributed by atoms with Crippen LogP contribution in [0.5, 0.6) is 0 Å². The highest BCUT2D eigenvalue weighted by Gasteiger charge is 2.22. The minimum Gasteiger partial charge on any atom is -0.456 e. The first-order valence-corrected chi connectivity index (χ1v) is 9.07. The molecule has 7 heteroatoms. The van der Waals surface area contributed by atoms with Crippen LogP contribution in [0.3, 0.4) is 0 Å². The summed E-state index contributed by atoms with van der Waals surface area (Å²) in [4.78, 5) is 16.7. The Balaban J connectivity index is 1.73. The van der Waals surface area contributed by atoms with Crippen molar-refractivity contribution in [1.29, 1.82) is 0 Å². The van der Waals surface area contributed by atoms with Crippen LogP contribution in [0.1, 0.15) is 11.3 Å². The number of carbonyl (C=O) groups excluding carboxylic acids is 1. The van der Waals surface area contributed by atoms with Gasteiger partial charge in [-0.05, 0) is 17.2 Å². The highest BCUT2D eigenvalue weighted by Crippen LogP contribution is 2.33. The summed E-state index contributed by atoms with van der Waals surface area (Å²) < 4.78 is 11.6. The minimum atomic E-state index is -0.201. The summed E-state index contributed by atoms with van der Waals surface area (Å²) in [5.74, 6) is 0.389. The second kappa shape index (κ2) is 7.03. The van der Waals surface area contributed by atoms with Crippen LogP contribution in [0, 0.1) is 0 Å². The molecule has 0 atom stereocenters. The summed E-state index contributed by atoms with van der Waals surface area (Å²) in [6, 6.07) is 9.94. The number of ether oxygens (including phenoxy) is 1. The first-order valence-electron chi connectivity index (χ1n) is 7.85. The maximum absolute atomic E-state index is 11.8. The highest BCUT2D eigenvalue weighted by molar-refractivity contribution is 8.26. The zero-order valence-electron chi connectivity index (χ0n) is 13.8. The van der Waals surface area contributed by atoms with Crippen molar-refractivity contribution >= 4 is 51.3 Å². The molecule has 1 aliphatic heterocycles. The lowest BCUT2D eigenvalue weighted by atomic mass is 10.0. The van der Waals surface area contributed by atoms with Gasteiger partial charge in [0.25, 0.3) is 5.91 Å². The standard InChI is InChI=1S/C19H14N2O3S2/c1-23-10-11-2-4-12(5-3-11)15-9-20-8-13-6-14(24-17(13)15)7-16-18(22)21-19(25)26-16/h2-9H,10H2,1H3,(H,21,22,25). The number of methoxy groups -OCH3 is 1. The van der Waals surface area contributed by atoms with E-state index in [4.69, 9.17) is 21.4 Å². The van der Waals surface area contributed by atoms with Crippen molar-refractivity contribution in [2.45, 2.75) is 6.61 Å². The van der Waals surface area contributed by atoms with Gasteiger partial charge in [0.2, 0.25) is 0 Å². The van der Waals surface area contributed by atoms with Crippen LogP contribution in [-0.4, -0.2) is 22.3 Å². The number of fused-ring (bicyclic) bond motifs is 1. The third-order valence-corrected chi connectivity index (χ3v) is 5.10. The summed E-state index contributed by atoms with van der Waals surface area (Å²) in [6.45, 7) is 0.572. The topological polar surface area (TPSA) is 64.4 Å². The average Bonchev–Trinajstić information content (AvgIpc) is 3.18. The molecule has 3 heterocycles. The largest absolute Gasteiger partial charge is 0.456 e. The number of amides is 1. The first kappa shape index (κ1) is 17.0. The fourth-order valence-corrected chi connectivity index (χ4v) is 3.78. The Hall–Kier alpha value is -2.48. The normalized spacial score (nSPS) is 15.8. The van der Waals surface area contributed by atoms with Gasteiger partial charge in [0.15, 0.2) is 0 Å². The predicted octanol–water partition coefficient (Wildman–Crippen LogP) is 4.13. The fourth-order valence-electron chi connectivity index (χ4n) is 2.76. The van der Waals surface area contributed by atoms with Crippen molar-refractivity contribution in [2.24, 2.45) is 0 Å². The summed E-state index contributed by atoms with van der Waals surface area (Å²) in [5.41, 5.74) is 3.74. The maximum atomic E-state index is 11.8. The van der Waals surface area contributed by atoms with Gasteiger partial charge in [0, 0.05) is 36.5 Å². The molecule has 0 radical (unpaired) electrons. The van der Waals surface area contributed by atoms with Gasteiger partial charge >= 0.3 is 0 Å². The van der Waals surface area contributed by atoms with Crippen LogP contribution in [-0.2, 0) is 16.1 Å². The van der Waals surface area contributed by atoms with Crippen molar-refractivity contribution < 1.29 is 13.9 Å². The summed E-state index contributed by atoms with van der Waals surface area (Å²) in [7, 11) is 1.67. The highest BCUT2D eigenvalue weighted by atomic mass is 32.2. The van der Waals surface area contributed by atoms with Crippen LogP contribution >= 0.6 is 24.0 Å². The SMILES string of the molecule is COCc1ccc(-c2cncc3cc(C=C4SC(=S)NC4=O)oc23)cc1. The number of benzene rings is 1. The van der Waals surface area contributed by atoms with Crippen molar-refractivity contribution in [2.75, 3.05) is 7.11 Å². The molecule has 2 aromatic heterocycles. The Bertz CT molecular complexity index is 1040. The second-order valence-electron chi connectivity index (χ2n) is 5.74. The van der Waals surface area contributed by atoms with Gasteiger partial charge in [-0.15, -0.1) is 0 Å². The molecule has 1 saturated heterocycles. The third kappa shape index (κ3) is 3.29. The fraction of sp³-hybridized carbons (Fsp3) is 0.105. The number of thiocarbonyl (C=S) groups is 1. The van der Waals surface area contributed by atoms with Crippen LogP contribution < -0.4 is 5.32 Å². The Morgan fingerprint density at radius 3 is 2.81 bits per heavy atom. The summed E-state index contributed by atoms with van der Waals surface area (Å²) >= 11 is 6.24. The molecule has 5 nitrogen and oxygen atoms in total. The lowest BCUT2D eigenvalue weighted by Gasteiger charge is -2.04. The molecule has 1 fully saturated rings. The quantitative estimate of drug-likeness (QED) is 0.541. The maximum Gasteiger partial charge on any atom is 0.263 e. The molecule has 4 rings (SSSR count). The van der Waals surface area contributed by atoms with E-state index < -0.39 is 0 Å². The molecule has 3 aromatic rings. The Labute approximate surface area is 159 Å². The van der Waals surface area contributed by atoms with E-state index in [1.165, 1.54) is 11.8 Å². The van der Waals surface area contributed by atoms with Gasteiger partial charge in [0.1, 0.15) is 15.7 Å². The zero-order chi connectivity index (χ0) is 18.1. The molecule has 1 aliphatic rings. The number of hydrogen-bond acceptors (Lipinski definition) is 6. The van der Waals surface area contributed by atoms with E-state index in [0.29, 0.717) is 21.6 Å². The van der Waals surface area contributed by atoms with E-state index in [0.717, 1.165) is 27.7 Å². The summed E-state index contributed by atoms with van der Waals surface area (Å²) in [6.07, 6.45) is 5.22. The van der Waals surface area contributed by atoms with E-state index in [1.54, 1.807) is 25.6 Å². The van der Waals surface area contributed by atoms with Crippen LogP contribution in [0.15, 0.2) is 52.0 Å². The van der Waals surface area contributed by atoms with E-state index in [2.05, 4.69) is 10.3 Å². The summed E-state index contributed by atoms with van der Waals surface area (Å²) in [5, 5.41) is 3.47. The molecule has 0 spiro atoms. The molecule has 26 heavy (non-hydrogen) atoms. The monoisotopic (exact) mass is 382 g/mol. The zero-order valence-corrected chi connectivity index (χ0v) is 15.4. The van der Waals surface area contributed by atoms with Gasteiger partial charge in [-0.25, -0.2) is 0 Å². The van der Waals surface area contributed by atoms with E-state index in [1.807, 2.05) is 30.3 Å². The number of furan rings is 1. The predicted molar refractivity (Wildman–Crippen MR) is 106 cm³/mol. The number of thioether (sulfide) groups is 1. The molecule has 1 aromatic carbocycles. The van der Waals surface area contributed by atoms with Crippen molar-refractivity contribution in [1.82, 2.24) is 10.3 Å². The lowest BCUT2D eigenvalue weighted by Crippen LogP contribution is -2.17. The Morgan fingerprint density at radius 2 is 2.12 bits per heavy atom. The first-order chi connectivity index (χ1) is 12.6. The average molecular weight is 382 g/mol.